The maximum atomic E-state index is 12.9. The summed E-state index contributed by atoms with van der Waals surface area (Å²) in [5.74, 6) is 0. The van der Waals surface area contributed by atoms with Gasteiger partial charge >= 0.3 is 0 Å². The van der Waals surface area contributed by atoms with E-state index in [1.165, 1.54) is 0 Å². The van der Waals surface area contributed by atoms with Crippen molar-refractivity contribution < 1.29 is 0 Å². The maximum absolute atomic E-state index is 12.9. The highest BCUT2D eigenvalue weighted by atomic mass is 16.1. The van der Waals surface area contributed by atoms with Crippen LogP contribution in [0.3, 0.4) is 0 Å². The van der Waals surface area contributed by atoms with E-state index < -0.39 is 0 Å². The predicted molar refractivity (Wildman–Crippen MR) is 93.0 cm³/mol. The molecule has 0 N–H and O–H groups in total. The zero-order valence-corrected chi connectivity index (χ0v) is 14.2. The fourth-order valence-electron chi connectivity index (χ4n) is 2.82. The average Bonchev–Trinajstić information content (AvgIpc) is 2.80. The van der Waals surface area contributed by atoms with Crippen LogP contribution in [-0.4, -0.2) is 31.3 Å². The van der Waals surface area contributed by atoms with Crippen molar-refractivity contribution in [2.75, 3.05) is 7.05 Å². The summed E-state index contributed by atoms with van der Waals surface area (Å²) < 4.78 is 3.62. The lowest BCUT2D eigenvalue weighted by molar-refractivity contribution is 0.313. The number of rotatable bonds is 5. The van der Waals surface area contributed by atoms with E-state index in [0.29, 0.717) is 13.1 Å². The standard InChI is InChI=1S/C18H21N5O/c1-14-17(13-21(2)12-15-11-19-9-10-20-15)18(24)23(22(14)3)16-7-5-4-6-8-16/h4-11H,12-13H2,1-3H3. The molecule has 0 atom stereocenters. The lowest BCUT2D eigenvalue weighted by Crippen LogP contribution is -2.25. The molecule has 6 heteroatoms. The fraction of sp³-hybridized carbons (Fsp3) is 0.278. The van der Waals surface area contributed by atoms with Crippen molar-refractivity contribution >= 4 is 0 Å². The Labute approximate surface area is 141 Å². The van der Waals surface area contributed by atoms with Crippen molar-refractivity contribution in [3.05, 3.63) is 76.2 Å². The first-order valence-electron chi connectivity index (χ1n) is 7.84. The van der Waals surface area contributed by atoms with E-state index in [1.54, 1.807) is 23.3 Å². The molecule has 0 aliphatic rings. The number of aromatic nitrogens is 4. The molecule has 0 amide bonds. The van der Waals surface area contributed by atoms with Gasteiger partial charge in [-0.1, -0.05) is 18.2 Å². The van der Waals surface area contributed by atoms with Crippen molar-refractivity contribution in [2.24, 2.45) is 7.05 Å². The molecule has 3 rings (SSSR count). The Bertz CT molecular complexity index is 868. The van der Waals surface area contributed by atoms with Gasteiger partial charge in [0.1, 0.15) is 0 Å². The molecule has 124 valence electrons. The highest BCUT2D eigenvalue weighted by Gasteiger charge is 2.17. The number of hydrogen-bond acceptors (Lipinski definition) is 4. The van der Waals surface area contributed by atoms with Crippen LogP contribution in [-0.2, 0) is 20.1 Å². The molecule has 0 saturated heterocycles. The van der Waals surface area contributed by atoms with Crippen molar-refractivity contribution in [1.82, 2.24) is 24.2 Å². The monoisotopic (exact) mass is 323 g/mol. The van der Waals surface area contributed by atoms with Gasteiger partial charge in [-0.25, -0.2) is 4.68 Å². The summed E-state index contributed by atoms with van der Waals surface area (Å²) >= 11 is 0. The second-order valence-electron chi connectivity index (χ2n) is 5.91. The Kier molecular flexibility index (Phi) is 4.57. The zero-order valence-electron chi connectivity index (χ0n) is 14.2. The Morgan fingerprint density at radius 2 is 1.88 bits per heavy atom. The van der Waals surface area contributed by atoms with E-state index in [4.69, 9.17) is 0 Å². The minimum absolute atomic E-state index is 0.0206. The number of hydrogen-bond donors (Lipinski definition) is 0. The molecule has 0 unspecified atom stereocenters. The molecule has 1 aromatic carbocycles. The molecular formula is C18H21N5O. The van der Waals surface area contributed by atoms with E-state index in [-0.39, 0.29) is 5.56 Å². The third-order valence-corrected chi connectivity index (χ3v) is 4.15. The van der Waals surface area contributed by atoms with Gasteiger partial charge in [0, 0.05) is 44.4 Å². The van der Waals surface area contributed by atoms with Crippen LogP contribution in [0.1, 0.15) is 17.0 Å². The van der Waals surface area contributed by atoms with E-state index in [9.17, 15) is 4.79 Å². The molecule has 6 nitrogen and oxygen atoms in total. The number of para-hydroxylation sites is 1. The van der Waals surface area contributed by atoms with Gasteiger partial charge in [0.2, 0.25) is 0 Å². The van der Waals surface area contributed by atoms with E-state index >= 15 is 0 Å². The van der Waals surface area contributed by atoms with Gasteiger partial charge < -0.3 is 0 Å². The van der Waals surface area contributed by atoms with Crippen molar-refractivity contribution in [2.45, 2.75) is 20.0 Å². The molecule has 0 bridgehead atoms. The van der Waals surface area contributed by atoms with Gasteiger partial charge in [-0.05, 0) is 26.1 Å². The van der Waals surface area contributed by atoms with Crippen LogP contribution in [0.15, 0.2) is 53.7 Å². The predicted octanol–water partition coefficient (Wildman–Crippen LogP) is 1.91. The smallest absolute Gasteiger partial charge is 0.276 e. The number of benzene rings is 1. The lowest BCUT2D eigenvalue weighted by Gasteiger charge is -2.15. The first kappa shape index (κ1) is 16.1. The summed E-state index contributed by atoms with van der Waals surface area (Å²) in [7, 11) is 3.89. The van der Waals surface area contributed by atoms with Crippen LogP contribution in [0.4, 0.5) is 0 Å². The van der Waals surface area contributed by atoms with Crippen LogP contribution in [0.5, 0.6) is 0 Å². The first-order valence-corrected chi connectivity index (χ1v) is 7.84. The summed E-state index contributed by atoms with van der Waals surface area (Å²) in [4.78, 5) is 23.3. The van der Waals surface area contributed by atoms with Gasteiger partial charge in [0.05, 0.1) is 16.9 Å². The summed E-state index contributed by atoms with van der Waals surface area (Å²) in [6.45, 7) is 3.19. The van der Waals surface area contributed by atoms with Crippen LogP contribution >= 0.6 is 0 Å². The Hall–Kier alpha value is -2.73. The van der Waals surface area contributed by atoms with Gasteiger partial charge in [-0.2, -0.15) is 0 Å². The minimum Gasteiger partial charge on any atom is -0.296 e. The van der Waals surface area contributed by atoms with Gasteiger partial charge in [0.15, 0.2) is 0 Å². The molecular weight excluding hydrogens is 302 g/mol. The second kappa shape index (κ2) is 6.80. The highest BCUT2D eigenvalue weighted by molar-refractivity contribution is 5.33. The van der Waals surface area contributed by atoms with E-state index in [2.05, 4.69) is 14.9 Å². The molecule has 0 aliphatic carbocycles. The average molecular weight is 323 g/mol. The Morgan fingerprint density at radius 1 is 1.12 bits per heavy atom. The molecule has 2 aromatic heterocycles. The molecule has 3 aromatic rings. The largest absolute Gasteiger partial charge is 0.296 e. The van der Waals surface area contributed by atoms with E-state index in [0.717, 1.165) is 22.6 Å². The van der Waals surface area contributed by atoms with E-state index in [1.807, 2.05) is 56.0 Å². The molecule has 0 saturated carbocycles. The van der Waals surface area contributed by atoms with Crippen molar-refractivity contribution in [3.63, 3.8) is 0 Å². The second-order valence-corrected chi connectivity index (χ2v) is 5.91. The highest BCUT2D eigenvalue weighted by Crippen LogP contribution is 2.12. The van der Waals surface area contributed by atoms with Crippen LogP contribution in [0.2, 0.25) is 0 Å². The molecule has 0 fully saturated rings. The summed E-state index contributed by atoms with van der Waals surface area (Å²) in [6, 6.07) is 9.69. The van der Waals surface area contributed by atoms with Gasteiger partial charge in [0.25, 0.3) is 5.56 Å². The molecule has 0 radical (unpaired) electrons. The van der Waals surface area contributed by atoms with Crippen molar-refractivity contribution in [3.8, 4) is 5.69 Å². The Morgan fingerprint density at radius 3 is 2.54 bits per heavy atom. The Balaban J connectivity index is 1.88. The SMILES string of the molecule is Cc1c(CN(C)Cc2cnccn2)c(=O)n(-c2ccccc2)n1C. The van der Waals surface area contributed by atoms with Gasteiger partial charge in [-0.15, -0.1) is 0 Å². The first-order chi connectivity index (χ1) is 11.6. The van der Waals surface area contributed by atoms with Crippen molar-refractivity contribution in [1.29, 1.82) is 0 Å². The fourth-order valence-corrected chi connectivity index (χ4v) is 2.82. The zero-order chi connectivity index (χ0) is 17.1. The quantitative estimate of drug-likeness (QED) is 0.720. The molecule has 2 heterocycles. The third-order valence-electron chi connectivity index (χ3n) is 4.15. The summed E-state index contributed by atoms with van der Waals surface area (Å²) in [6.07, 6.45) is 5.08. The minimum atomic E-state index is 0.0206. The molecule has 0 spiro atoms. The lowest BCUT2D eigenvalue weighted by atomic mass is 10.2. The van der Waals surface area contributed by atoms with Crippen LogP contribution < -0.4 is 5.56 Å². The third kappa shape index (κ3) is 3.14. The molecule has 24 heavy (non-hydrogen) atoms. The maximum Gasteiger partial charge on any atom is 0.276 e. The summed E-state index contributed by atoms with van der Waals surface area (Å²) in [5.41, 5.74) is 3.54. The summed E-state index contributed by atoms with van der Waals surface area (Å²) in [5, 5.41) is 0. The number of nitrogens with zero attached hydrogens (tertiary/aromatic N) is 5. The van der Waals surface area contributed by atoms with Crippen LogP contribution in [0.25, 0.3) is 5.69 Å². The topological polar surface area (TPSA) is 56.0 Å². The van der Waals surface area contributed by atoms with Crippen LogP contribution in [0, 0.1) is 6.92 Å². The normalized spacial score (nSPS) is 11.2. The molecule has 0 aliphatic heterocycles. The van der Waals surface area contributed by atoms with Gasteiger partial charge in [-0.3, -0.25) is 24.3 Å².